The second-order valence-electron chi connectivity index (χ2n) is 5.71. The molecule has 2 aromatic heterocycles. The highest BCUT2D eigenvalue weighted by Crippen LogP contribution is 2.26. The number of rotatable bonds is 6. The van der Waals surface area contributed by atoms with Crippen LogP contribution in [0.4, 0.5) is 5.13 Å². The van der Waals surface area contributed by atoms with Crippen LogP contribution in [-0.2, 0) is 11.2 Å². The molecule has 3 rings (SSSR count). The van der Waals surface area contributed by atoms with Crippen LogP contribution in [0.5, 0.6) is 0 Å². The van der Waals surface area contributed by atoms with Crippen molar-refractivity contribution in [3.63, 3.8) is 0 Å². The number of aromatic nitrogens is 1. The summed E-state index contributed by atoms with van der Waals surface area (Å²) in [5.41, 5.74) is 1.38. The molecular weight excluding hydrogens is 425 g/mol. The first-order chi connectivity index (χ1) is 12.9. The zero-order valence-corrected chi connectivity index (χ0v) is 17.3. The van der Waals surface area contributed by atoms with Gasteiger partial charge in [0.1, 0.15) is 0 Å². The Hall–Kier alpha value is -1.93. The largest absolute Gasteiger partial charge is 0.349 e. The highest BCUT2D eigenvalue weighted by Gasteiger charge is 2.15. The number of hydrogen-bond donors (Lipinski definition) is 2. The second-order valence-corrected chi connectivity index (χ2v) is 8.36. The van der Waals surface area contributed by atoms with Gasteiger partial charge in [-0.15, -0.1) is 22.7 Å². The molecule has 1 aromatic carbocycles. The van der Waals surface area contributed by atoms with Crippen molar-refractivity contribution in [2.75, 3.05) is 5.32 Å². The fourth-order valence-corrected chi connectivity index (χ4v) is 4.30. The Bertz CT molecular complexity index is 957. The monoisotopic (exact) mass is 439 g/mol. The van der Waals surface area contributed by atoms with Crippen LogP contribution in [0.15, 0.2) is 41.1 Å². The number of benzene rings is 1. The van der Waals surface area contributed by atoms with E-state index in [1.165, 1.54) is 22.7 Å². The SMILES string of the molecule is CC(NC(=O)Cc1csc(NC(=O)c2cccs2)n1)c1ccc(Cl)cc1Cl. The van der Waals surface area contributed by atoms with Crippen LogP contribution < -0.4 is 10.6 Å². The number of carbonyl (C=O) groups excluding carboxylic acids is 2. The highest BCUT2D eigenvalue weighted by molar-refractivity contribution is 7.14. The topological polar surface area (TPSA) is 71.1 Å². The maximum absolute atomic E-state index is 12.3. The molecule has 0 aliphatic rings. The van der Waals surface area contributed by atoms with Gasteiger partial charge in [0.15, 0.2) is 5.13 Å². The zero-order chi connectivity index (χ0) is 19.4. The summed E-state index contributed by atoms with van der Waals surface area (Å²) in [5.74, 6) is -0.392. The first-order valence-electron chi connectivity index (χ1n) is 7.96. The lowest BCUT2D eigenvalue weighted by atomic mass is 10.1. The van der Waals surface area contributed by atoms with E-state index in [9.17, 15) is 9.59 Å². The van der Waals surface area contributed by atoms with Crippen LogP contribution in [-0.4, -0.2) is 16.8 Å². The van der Waals surface area contributed by atoms with E-state index in [-0.39, 0.29) is 24.3 Å². The van der Waals surface area contributed by atoms with Crippen molar-refractivity contribution < 1.29 is 9.59 Å². The van der Waals surface area contributed by atoms with E-state index in [4.69, 9.17) is 23.2 Å². The molecule has 0 aliphatic carbocycles. The Kier molecular flexibility index (Phi) is 6.49. The van der Waals surface area contributed by atoms with Crippen molar-refractivity contribution in [2.45, 2.75) is 19.4 Å². The quantitative estimate of drug-likeness (QED) is 0.555. The lowest BCUT2D eigenvalue weighted by molar-refractivity contribution is -0.121. The van der Waals surface area contributed by atoms with Gasteiger partial charge >= 0.3 is 0 Å². The highest BCUT2D eigenvalue weighted by atomic mass is 35.5. The van der Waals surface area contributed by atoms with E-state index in [2.05, 4.69) is 15.6 Å². The summed E-state index contributed by atoms with van der Waals surface area (Å²) in [6, 6.07) is 8.45. The molecule has 0 fully saturated rings. The molecule has 140 valence electrons. The van der Waals surface area contributed by atoms with Gasteiger partial charge in [0, 0.05) is 15.4 Å². The fraction of sp³-hybridized carbons (Fsp3) is 0.167. The van der Waals surface area contributed by atoms with Crippen LogP contribution >= 0.6 is 45.9 Å². The molecule has 2 N–H and O–H groups in total. The van der Waals surface area contributed by atoms with Crippen molar-refractivity contribution in [2.24, 2.45) is 0 Å². The van der Waals surface area contributed by atoms with Crippen molar-refractivity contribution in [3.05, 3.63) is 67.3 Å². The first-order valence-corrected chi connectivity index (χ1v) is 10.5. The maximum Gasteiger partial charge on any atom is 0.267 e. The third-order valence-electron chi connectivity index (χ3n) is 3.67. The number of nitrogens with zero attached hydrogens (tertiary/aromatic N) is 1. The molecule has 2 heterocycles. The molecule has 0 bridgehead atoms. The molecule has 2 amide bonds. The number of nitrogens with one attached hydrogen (secondary N) is 2. The summed E-state index contributed by atoms with van der Waals surface area (Å²) in [6.07, 6.45) is 0.112. The molecule has 5 nitrogen and oxygen atoms in total. The molecule has 1 unspecified atom stereocenters. The van der Waals surface area contributed by atoms with Crippen molar-refractivity contribution in [3.8, 4) is 0 Å². The number of halogens is 2. The Labute approximate surface area is 174 Å². The van der Waals surface area contributed by atoms with Gasteiger partial charge < -0.3 is 5.32 Å². The van der Waals surface area contributed by atoms with E-state index >= 15 is 0 Å². The van der Waals surface area contributed by atoms with Gasteiger partial charge in [-0.2, -0.15) is 0 Å². The normalized spacial score (nSPS) is 11.8. The van der Waals surface area contributed by atoms with Crippen molar-refractivity contribution in [1.29, 1.82) is 0 Å². The number of thiophene rings is 1. The van der Waals surface area contributed by atoms with E-state index in [0.29, 0.717) is 25.7 Å². The summed E-state index contributed by atoms with van der Waals surface area (Å²) >= 11 is 14.7. The Morgan fingerprint density at radius 2 is 2.04 bits per heavy atom. The number of amides is 2. The molecule has 1 atom stereocenters. The number of carbonyl (C=O) groups is 2. The minimum Gasteiger partial charge on any atom is -0.349 e. The van der Waals surface area contributed by atoms with Crippen LogP contribution in [0.1, 0.15) is 33.9 Å². The molecule has 0 aliphatic heterocycles. The number of hydrogen-bond acceptors (Lipinski definition) is 5. The molecule has 3 aromatic rings. The Balaban J connectivity index is 1.56. The van der Waals surface area contributed by atoms with E-state index in [1.807, 2.05) is 18.4 Å². The molecule has 0 saturated carbocycles. The van der Waals surface area contributed by atoms with Gasteiger partial charge in [-0.05, 0) is 36.1 Å². The summed E-state index contributed by atoms with van der Waals surface area (Å²) < 4.78 is 0. The number of thiazole rings is 1. The molecule has 0 spiro atoms. The molecular formula is C18H15Cl2N3O2S2. The summed E-state index contributed by atoms with van der Waals surface area (Å²) in [7, 11) is 0. The minimum atomic E-state index is -0.265. The van der Waals surface area contributed by atoms with Gasteiger partial charge in [-0.25, -0.2) is 4.98 Å². The van der Waals surface area contributed by atoms with Gasteiger partial charge in [-0.3, -0.25) is 14.9 Å². The van der Waals surface area contributed by atoms with Crippen molar-refractivity contribution >= 4 is 62.8 Å². The molecule has 9 heteroatoms. The summed E-state index contributed by atoms with van der Waals surface area (Å²) in [6.45, 7) is 1.85. The Morgan fingerprint density at radius 3 is 2.74 bits per heavy atom. The third-order valence-corrected chi connectivity index (χ3v) is 5.90. The van der Waals surface area contributed by atoms with Crippen LogP contribution in [0.25, 0.3) is 0 Å². The smallest absolute Gasteiger partial charge is 0.267 e. The predicted octanol–water partition coefficient (Wildman–Crippen LogP) is 5.18. The zero-order valence-electron chi connectivity index (χ0n) is 14.2. The standard InChI is InChI=1S/C18H15Cl2N3O2S2/c1-10(13-5-4-11(19)7-14(13)20)21-16(24)8-12-9-27-18(22-12)23-17(25)15-3-2-6-26-15/h2-7,9-10H,8H2,1H3,(H,21,24)(H,22,23,25). The van der Waals surface area contributed by atoms with E-state index < -0.39 is 0 Å². The molecule has 0 radical (unpaired) electrons. The lowest BCUT2D eigenvalue weighted by Crippen LogP contribution is -2.28. The van der Waals surface area contributed by atoms with Gasteiger partial charge in [0.2, 0.25) is 5.91 Å². The van der Waals surface area contributed by atoms with Crippen LogP contribution in [0.2, 0.25) is 10.0 Å². The maximum atomic E-state index is 12.3. The van der Waals surface area contributed by atoms with Crippen molar-refractivity contribution in [1.82, 2.24) is 10.3 Å². The number of anilines is 1. The molecule has 0 saturated heterocycles. The van der Waals surface area contributed by atoms with E-state index in [1.54, 1.807) is 29.6 Å². The average molecular weight is 440 g/mol. The van der Waals surface area contributed by atoms with Crippen LogP contribution in [0, 0.1) is 0 Å². The third kappa shape index (κ3) is 5.29. The van der Waals surface area contributed by atoms with E-state index in [0.717, 1.165) is 5.56 Å². The fourth-order valence-electron chi connectivity index (χ4n) is 2.40. The van der Waals surface area contributed by atoms with Crippen LogP contribution in [0.3, 0.4) is 0 Å². The van der Waals surface area contributed by atoms with Gasteiger partial charge in [-0.1, -0.05) is 35.3 Å². The molecule has 27 heavy (non-hydrogen) atoms. The Morgan fingerprint density at radius 1 is 1.22 bits per heavy atom. The summed E-state index contributed by atoms with van der Waals surface area (Å²) in [5, 5.41) is 10.7. The lowest BCUT2D eigenvalue weighted by Gasteiger charge is -2.15. The second kappa shape index (κ2) is 8.84. The first kappa shape index (κ1) is 19.8. The summed E-state index contributed by atoms with van der Waals surface area (Å²) in [4.78, 5) is 29.2. The predicted molar refractivity (Wildman–Crippen MR) is 111 cm³/mol. The average Bonchev–Trinajstić information content (AvgIpc) is 3.26. The van der Waals surface area contributed by atoms with Gasteiger partial charge in [0.05, 0.1) is 23.0 Å². The van der Waals surface area contributed by atoms with Gasteiger partial charge in [0.25, 0.3) is 5.91 Å². The minimum absolute atomic E-state index is 0.112.